The van der Waals surface area contributed by atoms with Gasteiger partial charge in [0, 0.05) is 18.8 Å². The number of halogens is 2. The van der Waals surface area contributed by atoms with Gasteiger partial charge in [-0.1, -0.05) is 6.07 Å². The maximum atomic E-state index is 14.4. The van der Waals surface area contributed by atoms with Crippen LogP contribution in [0.3, 0.4) is 0 Å². The van der Waals surface area contributed by atoms with E-state index in [2.05, 4.69) is 20.3 Å². The first-order valence-electron chi connectivity index (χ1n) is 12.2. The van der Waals surface area contributed by atoms with Crippen molar-refractivity contribution in [2.24, 2.45) is 0 Å². The van der Waals surface area contributed by atoms with Gasteiger partial charge in [0.1, 0.15) is 11.6 Å². The van der Waals surface area contributed by atoms with Crippen molar-refractivity contribution in [3.8, 4) is 17.2 Å². The topological polar surface area (TPSA) is 89.6 Å². The molecule has 1 aromatic carbocycles. The van der Waals surface area contributed by atoms with E-state index in [1.54, 1.807) is 37.0 Å². The summed E-state index contributed by atoms with van der Waals surface area (Å²) in [5, 5.41) is 23.5. The number of aliphatic hydroxyl groups is 1. The van der Waals surface area contributed by atoms with Gasteiger partial charge in [0.2, 0.25) is 0 Å². The van der Waals surface area contributed by atoms with Gasteiger partial charge >= 0.3 is 0 Å². The van der Waals surface area contributed by atoms with Crippen molar-refractivity contribution >= 4 is 0 Å². The van der Waals surface area contributed by atoms with E-state index < -0.39 is 22.7 Å². The predicted molar refractivity (Wildman–Crippen MR) is 129 cm³/mol. The van der Waals surface area contributed by atoms with E-state index in [0.29, 0.717) is 12.4 Å². The Balaban J connectivity index is 1.40. The molecule has 9 heteroatoms. The van der Waals surface area contributed by atoms with Crippen LogP contribution in [-0.4, -0.2) is 40.7 Å². The molecule has 1 fully saturated rings. The zero-order valence-electron chi connectivity index (χ0n) is 20.1. The Hall–Kier alpha value is -3.59. The molecule has 0 radical (unpaired) electrons. The zero-order chi connectivity index (χ0) is 25.1. The summed E-state index contributed by atoms with van der Waals surface area (Å²) in [4.78, 5) is 9.32. The van der Waals surface area contributed by atoms with Gasteiger partial charge < -0.3 is 5.11 Å². The van der Waals surface area contributed by atoms with Gasteiger partial charge in [0.05, 0.1) is 39.4 Å². The number of benzene rings is 1. The van der Waals surface area contributed by atoms with Crippen LogP contribution < -0.4 is 0 Å². The number of aromatic nitrogens is 6. The van der Waals surface area contributed by atoms with Crippen LogP contribution >= 0.6 is 0 Å². The summed E-state index contributed by atoms with van der Waals surface area (Å²) in [5.74, 6) is -0.578. The lowest BCUT2D eigenvalue weighted by molar-refractivity contribution is 0.0798. The molecule has 0 unspecified atom stereocenters. The van der Waals surface area contributed by atoms with E-state index in [-0.39, 0.29) is 17.2 Å². The highest BCUT2D eigenvalue weighted by Crippen LogP contribution is 2.55. The van der Waals surface area contributed by atoms with E-state index in [9.17, 15) is 13.9 Å². The summed E-state index contributed by atoms with van der Waals surface area (Å²) in [7, 11) is 0. The van der Waals surface area contributed by atoms with Gasteiger partial charge in [-0.25, -0.2) is 23.4 Å². The van der Waals surface area contributed by atoms with Crippen LogP contribution in [-0.2, 0) is 11.8 Å². The fraction of sp³-hybridized carbons (Fsp3) is 0.370. The molecule has 184 valence electrons. The van der Waals surface area contributed by atoms with Crippen molar-refractivity contribution < 1.29 is 13.9 Å². The van der Waals surface area contributed by atoms with Crippen LogP contribution in [0.1, 0.15) is 68.1 Å². The molecule has 0 saturated heterocycles. The summed E-state index contributed by atoms with van der Waals surface area (Å²) in [5.41, 5.74) is 2.17. The van der Waals surface area contributed by atoms with E-state index in [1.807, 2.05) is 12.1 Å². The van der Waals surface area contributed by atoms with Gasteiger partial charge in [-0.3, -0.25) is 0 Å². The number of rotatable bonds is 5. The van der Waals surface area contributed by atoms with E-state index in [4.69, 9.17) is 4.98 Å². The predicted octanol–water partition coefficient (Wildman–Crippen LogP) is 4.67. The minimum Gasteiger partial charge on any atom is -0.390 e. The zero-order valence-corrected chi connectivity index (χ0v) is 20.1. The first-order valence-corrected chi connectivity index (χ1v) is 12.2. The lowest BCUT2D eigenvalue weighted by Gasteiger charge is -2.46. The van der Waals surface area contributed by atoms with Crippen molar-refractivity contribution in [1.82, 2.24) is 29.9 Å². The Bertz CT molecular complexity index is 1430. The molecular formula is C27H26F2N6O. The molecule has 3 aromatic heterocycles. The Kier molecular flexibility index (Phi) is 5.22. The fourth-order valence-electron chi connectivity index (χ4n) is 5.73. The fourth-order valence-corrected chi connectivity index (χ4v) is 5.73. The minimum atomic E-state index is -0.867. The molecule has 0 atom stereocenters. The number of hydrogen-bond donors (Lipinski definition) is 1. The lowest BCUT2D eigenvalue weighted by atomic mass is 9.58. The van der Waals surface area contributed by atoms with Gasteiger partial charge in [-0.05, 0) is 81.3 Å². The first-order chi connectivity index (χ1) is 17.2. The highest BCUT2D eigenvalue weighted by molar-refractivity contribution is 5.62. The van der Waals surface area contributed by atoms with E-state index in [0.717, 1.165) is 48.3 Å². The second-order valence-corrected chi connectivity index (χ2v) is 10.5. The second-order valence-electron chi connectivity index (χ2n) is 10.5. The molecule has 3 aliphatic carbocycles. The van der Waals surface area contributed by atoms with Crippen LogP contribution in [0.25, 0.3) is 17.2 Å². The monoisotopic (exact) mass is 488 g/mol. The number of fused-ring (bicyclic) bond motifs is 2. The molecule has 1 saturated carbocycles. The third kappa shape index (κ3) is 3.78. The molecule has 7 nitrogen and oxygen atoms in total. The first kappa shape index (κ1) is 22.8. The molecule has 0 aliphatic heterocycles. The average molecular weight is 489 g/mol. The quantitative estimate of drug-likeness (QED) is 0.439. The summed E-state index contributed by atoms with van der Waals surface area (Å²) in [6.07, 6.45) is 7.54. The lowest BCUT2D eigenvalue weighted by Crippen LogP contribution is -2.41. The SMILES string of the molecule is CC(C)(O)Cc1ccn(-c2nccc([C@]34CC[C@H](CC3)c3cc(-c5c(F)cccc5F)nnc34)n2)n1. The molecule has 7 rings (SSSR count). The Morgan fingerprint density at radius 3 is 2.56 bits per heavy atom. The Labute approximate surface area is 207 Å². The van der Waals surface area contributed by atoms with Crippen LogP contribution in [0.2, 0.25) is 0 Å². The van der Waals surface area contributed by atoms with Crippen molar-refractivity contribution in [3.05, 3.63) is 83.1 Å². The minimum absolute atomic E-state index is 0.145. The van der Waals surface area contributed by atoms with Gasteiger partial charge in [0.15, 0.2) is 0 Å². The van der Waals surface area contributed by atoms with Crippen LogP contribution in [0, 0.1) is 11.6 Å². The van der Waals surface area contributed by atoms with E-state index >= 15 is 0 Å². The molecule has 0 spiro atoms. The molecule has 4 aromatic rings. The largest absolute Gasteiger partial charge is 0.390 e. The standard InChI is InChI=1S/C27H26F2N6O/c1-26(2,36)15-17-9-13-35(34-17)25-30-12-8-22(31-25)27-10-6-16(7-11-27)18-14-21(32-33-24(18)27)23-19(28)4-3-5-20(23)29/h3-5,8-9,12-14,16,36H,6-7,10-11,15H2,1-2H3/t16-,27+. The molecule has 3 aliphatic rings. The normalized spacial score (nSPS) is 21.0. The maximum absolute atomic E-state index is 14.4. The number of hydrogen-bond acceptors (Lipinski definition) is 6. The maximum Gasteiger partial charge on any atom is 0.250 e. The van der Waals surface area contributed by atoms with E-state index in [1.165, 1.54) is 18.2 Å². The average Bonchev–Trinajstić information content (AvgIpc) is 3.31. The van der Waals surface area contributed by atoms with Gasteiger partial charge in [-0.15, -0.1) is 5.10 Å². The second kappa shape index (κ2) is 8.23. The van der Waals surface area contributed by atoms with Crippen molar-refractivity contribution in [2.75, 3.05) is 0 Å². The number of nitrogens with zero attached hydrogens (tertiary/aromatic N) is 6. The van der Waals surface area contributed by atoms with Crippen molar-refractivity contribution in [2.45, 2.75) is 62.9 Å². The highest BCUT2D eigenvalue weighted by Gasteiger charge is 2.48. The third-order valence-electron chi connectivity index (χ3n) is 7.37. The summed E-state index contributed by atoms with van der Waals surface area (Å²) in [6.45, 7) is 3.48. The molecule has 2 bridgehead atoms. The van der Waals surface area contributed by atoms with Gasteiger partial charge in [-0.2, -0.15) is 10.2 Å². The summed E-state index contributed by atoms with van der Waals surface area (Å²) >= 11 is 0. The molecule has 0 amide bonds. The van der Waals surface area contributed by atoms with Crippen molar-refractivity contribution in [1.29, 1.82) is 0 Å². The van der Waals surface area contributed by atoms with Crippen LogP contribution in [0.4, 0.5) is 8.78 Å². The summed E-state index contributed by atoms with van der Waals surface area (Å²) in [6, 6.07) is 9.38. The summed E-state index contributed by atoms with van der Waals surface area (Å²) < 4.78 is 30.5. The van der Waals surface area contributed by atoms with Crippen LogP contribution in [0.15, 0.2) is 48.8 Å². The molecule has 1 N–H and O–H groups in total. The molecule has 3 heterocycles. The third-order valence-corrected chi connectivity index (χ3v) is 7.37. The van der Waals surface area contributed by atoms with Crippen molar-refractivity contribution in [3.63, 3.8) is 0 Å². The molecular weight excluding hydrogens is 462 g/mol. The molecule has 36 heavy (non-hydrogen) atoms. The van der Waals surface area contributed by atoms with Crippen LogP contribution in [0.5, 0.6) is 0 Å². The smallest absolute Gasteiger partial charge is 0.250 e. The van der Waals surface area contributed by atoms with Gasteiger partial charge in [0.25, 0.3) is 5.95 Å². The Morgan fingerprint density at radius 1 is 1.08 bits per heavy atom. The highest BCUT2D eigenvalue weighted by atomic mass is 19.1. The Morgan fingerprint density at radius 2 is 1.83 bits per heavy atom.